The summed E-state index contributed by atoms with van der Waals surface area (Å²) >= 11 is 5.79. The Morgan fingerprint density at radius 2 is 1.87 bits per heavy atom. The van der Waals surface area contributed by atoms with Gasteiger partial charge in [0.05, 0.1) is 24.2 Å². The molecule has 0 radical (unpaired) electrons. The molecule has 0 spiro atoms. The second-order valence-electron chi connectivity index (χ2n) is 9.76. The average molecular weight is 568 g/mol. The van der Waals surface area contributed by atoms with Gasteiger partial charge in [0, 0.05) is 31.4 Å². The highest BCUT2D eigenvalue weighted by Crippen LogP contribution is 2.40. The number of nitrogens with zero attached hydrogens (tertiary/aromatic N) is 2. The number of benzene rings is 2. The number of methoxy groups -OCH3 is 1. The first-order chi connectivity index (χ1) is 18.5. The fourth-order valence-electron chi connectivity index (χ4n) is 5.15. The molecule has 12 heteroatoms. The molecule has 2 aromatic carbocycles. The predicted octanol–water partition coefficient (Wildman–Crippen LogP) is 4.52. The quantitative estimate of drug-likeness (QED) is 0.377. The highest BCUT2D eigenvalue weighted by molar-refractivity contribution is 6.32. The minimum Gasteiger partial charge on any atom is -0.506 e. The average Bonchev–Trinajstić information content (AvgIpc) is 3.06. The van der Waals surface area contributed by atoms with E-state index in [1.54, 1.807) is 0 Å². The van der Waals surface area contributed by atoms with Gasteiger partial charge in [0.15, 0.2) is 5.78 Å². The molecular formula is C27H29ClF3N3O5. The second kappa shape index (κ2) is 11.8. The molecule has 39 heavy (non-hydrogen) atoms. The third-order valence-electron chi connectivity index (χ3n) is 7.26. The van der Waals surface area contributed by atoms with E-state index in [9.17, 15) is 32.7 Å². The number of fused-ring (bicyclic) bond motifs is 1. The Labute approximate surface area is 228 Å². The maximum absolute atomic E-state index is 13.3. The molecule has 0 unspecified atom stereocenters. The molecule has 2 N–H and O–H groups in total. The topological polar surface area (TPSA) is 99.2 Å². The molecule has 1 saturated heterocycles. The van der Waals surface area contributed by atoms with Gasteiger partial charge in [-0.3, -0.25) is 14.5 Å². The Morgan fingerprint density at radius 3 is 2.54 bits per heavy atom. The normalized spacial score (nSPS) is 17.7. The molecule has 2 amide bonds. The number of phenols is 1. The number of hydrogen-bond donors (Lipinski definition) is 2. The van der Waals surface area contributed by atoms with Crippen molar-refractivity contribution in [2.24, 2.45) is 5.92 Å². The predicted molar refractivity (Wildman–Crippen MR) is 138 cm³/mol. The van der Waals surface area contributed by atoms with Crippen LogP contribution in [0.2, 0.25) is 5.02 Å². The first kappa shape index (κ1) is 28.7. The van der Waals surface area contributed by atoms with Crippen molar-refractivity contribution < 1.29 is 37.4 Å². The summed E-state index contributed by atoms with van der Waals surface area (Å²) in [6, 6.07) is 9.28. The van der Waals surface area contributed by atoms with E-state index < -0.39 is 40.2 Å². The Kier molecular flexibility index (Phi) is 8.70. The van der Waals surface area contributed by atoms with E-state index in [2.05, 4.69) is 5.32 Å². The van der Waals surface area contributed by atoms with Crippen LogP contribution in [0.4, 0.5) is 23.7 Å². The molecule has 0 bridgehead atoms. The van der Waals surface area contributed by atoms with E-state index in [1.165, 1.54) is 0 Å². The van der Waals surface area contributed by atoms with Crippen LogP contribution < -0.4 is 5.32 Å². The number of nitrogens with one attached hydrogen (secondary N) is 1. The van der Waals surface area contributed by atoms with Gasteiger partial charge in [0.2, 0.25) is 0 Å². The van der Waals surface area contributed by atoms with Gasteiger partial charge in [-0.15, -0.1) is 0 Å². The number of carbonyl (C=O) groups is 3. The fourth-order valence-corrected chi connectivity index (χ4v) is 5.40. The Hall–Kier alpha value is -3.31. The molecular weight excluding hydrogens is 539 g/mol. The number of anilines is 1. The summed E-state index contributed by atoms with van der Waals surface area (Å²) in [4.78, 5) is 42.1. The number of hydrogen-bond acceptors (Lipinski definition) is 6. The lowest BCUT2D eigenvalue weighted by Gasteiger charge is -2.37. The molecule has 2 heterocycles. The summed E-state index contributed by atoms with van der Waals surface area (Å²) in [7, 11) is 1.10. The van der Waals surface area contributed by atoms with Crippen LogP contribution in [-0.4, -0.2) is 72.0 Å². The van der Waals surface area contributed by atoms with Gasteiger partial charge >= 0.3 is 18.2 Å². The third-order valence-corrected chi connectivity index (χ3v) is 7.55. The van der Waals surface area contributed by atoms with Crippen molar-refractivity contribution >= 4 is 35.1 Å². The molecule has 1 fully saturated rings. The number of carbonyl (C=O) groups excluding carboxylic acids is 3. The molecule has 2 aliphatic heterocycles. The molecule has 210 valence electrons. The van der Waals surface area contributed by atoms with Gasteiger partial charge in [-0.25, -0.2) is 4.79 Å². The number of amides is 2. The maximum Gasteiger partial charge on any atom is 0.420 e. The zero-order valence-corrected chi connectivity index (χ0v) is 22.0. The standard InChI is InChI=1S/C27H29ClF3N3O5/c1-39-25(37)19(12-16-13-20(27(29,30)31)24(36)21(28)14-16)23(35)15-33-9-7-18(8-10-33)34-11-6-17-4-2-3-5-22(17)32-26(34)38/h2-5,13-14,18-19,36H,6-12,15H2,1H3,(H,32,38)/t19-/m0/s1. The lowest BCUT2D eigenvalue weighted by atomic mass is 9.93. The maximum atomic E-state index is 13.3. The Balaban J connectivity index is 1.38. The molecule has 2 aliphatic rings. The van der Waals surface area contributed by atoms with E-state index in [1.807, 2.05) is 34.1 Å². The number of aromatic hydroxyl groups is 1. The summed E-state index contributed by atoms with van der Waals surface area (Å²) < 4.78 is 44.7. The lowest BCUT2D eigenvalue weighted by Crippen LogP contribution is -2.50. The van der Waals surface area contributed by atoms with Crippen molar-refractivity contribution in [3.63, 3.8) is 0 Å². The molecule has 0 aromatic heterocycles. The van der Waals surface area contributed by atoms with Crippen LogP contribution in [0.3, 0.4) is 0 Å². The zero-order valence-electron chi connectivity index (χ0n) is 21.3. The number of para-hydroxylation sites is 1. The van der Waals surface area contributed by atoms with Crippen molar-refractivity contribution in [2.75, 3.05) is 38.6 Å². The molecule has 0 saturated carbocycles. The van der Waals surface area contributed by atoms with Crippen LogP contribution in [-0.2, 0) is 33.3 Å². The number of likely N-dealkylation sites (tertiary alicyclic amines) is 1. The SMILES string of the molecule is COC(=O)[C@@H](Cc1cc(Cl)c(O)c(C(F)(F)F)c1)C(=O)CN1CCC(N2CCc3ccccc3NC2=O)CC1. The fraction of sp³-hybridized carbons (Fsp3) is 0.444. The van der Waals surface area contributed by atoms with Crippen molar-refractivity contribution in [1.29, 1.82) is 0 Å². The number of Topliss-reactive ketones (excluding diaryl/α,β-unsaturated/α-hetero) is 1. The van der Waals surface area contributed by atoms with Gasteiger partial charge < -0.3 is 20.1 Å². The number of esters is 1. The smallest absolute Gasteiger partial charge is 0.420 e. The van der Waals surface area contributed by atoms with Crippen LogP contribution in [0.15, 0.2) is 36.4 Å². The number of alkyl halides is 3. The van der Waals surface area contributed by atoms with Gasteiger partial charge in [0.25, 0.3) is 0 Å². The van der Waals surface area contributed by atoms with Crippen LogP contribution in [0.1, 0.15) is 29.5 Å². The van der Waals surface area contributed by atoms with Crippen molar-refractivity contribution in [3.8, 4) is 5.75 Å². The van der Waals surface area contributed by atoms with Crippen molar-refractivity contribution in [3.05, 3.63) is 58.1 Å². The van der Waals surface area contributed by atoms with E-state index in [0.717, 1.165) is 30.8 Å². The summed E-state index contributed by atoms with van der Waals surface area (Å²) in [6.07, 6.45) is -3.25. The number of ether oxygens (including phenoxy) is 1. The number of phenolic OH excluding ortho intramolecular Hbond substituents is 1. The van der Waals surface area contributed by atoms with Crippen LogP contribution >= 0.6 is 11.6 Å². The van der Waals surface area contributed by atoms with Crippen molar-refractivity contribution in [1.82, 2.24) is 9.80 Å². The van der Waals surface area contributed by atoms with Gasteiger partial charge in [-0.1, -0.05) is 29.8 Å². The van der Waals surface area contributed by atoms with Crippen LogP contribution in [0.5, 0.6) is 5.75 Å². The summed E-state index contributed by atoms with van der Waals surface area (Å²) in [6.45, 7) is 1.49. The Bertz CT molecular complexity index is 1250. The van der Waals surface area contributed by atoms with Gasteiger partial charge in [-0.2, -0.15) is 13.2 Å². The first-order valence-corrected chi connectivity index (χ1v) is 12.9. The molecule has 8 nitrogen and oxygen atoms in total. The minimum absolute atomic E-state index is 0.0120. The highest BCUT2D eigenvalue weighted by atomic mass is 35.5. The van der Waals surface area contributed by atoms with E-state index >= 15 is 0 Å². The molecule has 0 aliphatic carbocycles. The number of urea groups is 1. The van der Waals surface area contributed by atoms with E-state index in [4.69, 9.17) is 16.3 Å². The number of rotatable bonds is 7. The molecule has 2 aromatic rings. The monoisotopic (exact) mass is 567 g/mol. The van der Waals surface area contributed by atoms with Crippen LogP contribution in [0, 0.1) is 5.92 Å². The highest BCUT2D eigenvalue weighted by Gasteiger charge is 2.37. The zero-order chi connectivity index (χ0) is 28.3. The molecule has 4 rings (SSSR count). The summed E-state index contributed by atoms with van der Waals surface area (Å²) in [5.74, 6) is -3.82. The lowest BCUT2D eigenvalue weighted by molar-refractivity contribution is -0.149. The number of piperidine rings is 1. The van der Waals surface area contributed by atoms with Crippen molar-refractivity contribution in [2.45, 2.75) is 37.9 Å². The summed E-state index contributed by atoms with van der Waals surface area (Å²) in [5, 5.41) is 12.2. The third kappa shape index (κ3) is 6.65. The largest absolute Gasteiger partial charge is 0.506 e. The van der Waals surface area contributed by atoms with Crippen LogP contribution in [0.25, 0.3) is 0 Å². The molecule has 1 atom stereocenters. The second-order valence-corrected chi connectivity index (χ2v) is 10.2. The summed E-state index contributed by atoms with van der Waals surface area (Å²) in [5.41, 5.74) is 0.506. The van der Waals surface area contributed by atoms with E-state index in [0.29, 0.717) is 38.5 Å². The number of ketones is 1. The van der Waals surface area contributed by atoms with E-state index in [-0.39, 0.29) is 30.6 Å². The Morgan fingerprint density at radius 1 is 1.18 bits per heavy atom. The van der Waals surface area contributed by atoms with Gasteiger partial charge in [-0.05, 0) is 55.0 Å². The minimum atomic E-state index is -4.87. The number of halogens is 4. The first-order valence-electron chi connectivity index (χ1n) is 12.5. The van der Waals surface area contributed by atoms with Gasteiger partial charge in [0.1, 0.15) is 11.7 Å².